The molecule has 0 N–H and O–H groups in total. The Morgan fingerprint density at radius 1 is 0.947 bits per heavy atom. The van der Waals surface area contributed by atoms with Crippen LogP contribution in [0.2, 0.25) is 0 Å². The van der Waals surface area contributed by atoms with Crippen LogP contribution >= 0.6 is 0 Å². The minimum atomic E-state index is -0.234. The molecule has 0 aliphatic carbocycles. The van der Waals surface area contributed by atoms with Gasteiger partial charge in [-0.3, -0.25) is 4.79 Å². The molecule has 3 heteroatoms. The summed E-state index contributed by atoms with van der Waals surface area (Å²) in [5.41, 5.74) is 1.86. The molecule has 0 unspecified atom stereocenters. The Hall–Kier alpha value is -2.42. The van der Waals surface area contributed by atoms with Crippen molar-refractivity contribution in [3.8, 4) is 0 Å². The number of esters is 1. The van der Waals surface area contributed by atoms with Crippen molar-refractivity contribution in [1.29, 1.82) is 0 Å². The normalized spacial score (nSPS) is 18.6. The molecule has 0 saturated carbocycles. The second-order valence-electron chi connectivity index (χ2n) is 4.40. The monoisotopic (exact) mass is 251 g/mol. The summed E-state index contributed by atoms with van der Waals surface area (Å²) in [7, 11) is 0. The Morgan fingerprint density at radius 3 is 2.26 bits per heavy atom. The van der Waals surface area contributed by atoms with Gasteiger partial charge in [0.1, 0.15) is 0 Å². The van der Waals surface area contributed by atoms with Crippen LogP contribution in [0.1, 0.15) is 23.6 Å². The van der Waals surface area contributed by atoms with Gasteiger partial charge in [-0.25, -0.2) is 4.99 Å². The summed E-state index contributed by atoms with van der Waals surface area (Å²) in [6.45, 7) is 0. The van der Waals surface area contributed by atoms with Gasteiger partial charge in [0, 0.05) is 5.56 Å². The molecule has 3 nitrogen and oxygen atoms in total. The lowest BCUT2D eigenvalue weighted by Crippen LogP contribution is -2.22. The van der Waals surface area contributed by atoms with Crippen LogP contribution in [0.15, 0.2) is 65.7 Å². The van der Waals surface area contributed by atoms with Crippen LogP contribution < -0.4 is 0 Å². The van der Waals surface area contributed by atoms with E-state index in [1.807, 2.05) is 60.7 Å². The van der Waals surface area contributed by atoms with E-state index in [0.29, 0.717) is 12.3 Å². The first-order valence-electron chi connectivity index (χ1n) is 6.22. The number of hydrogen-bond donors (Lipinski definition) is 0. The highest BCUT2D eigenvalue weighted by molar-refractivity contribution is 6.02. The summed E-state index contributed by atoms with van der Waals surface area (Å²) in [4.78, 5) is 16.3. The first-order valence-corrected chi connectivity index (χ1v) is 6.22. The van der Waals surface area contributed by atoms with Gasteiger partial charge in [0.05, 0.1) is 12.5 Å². The van der Waals surface area contributed by atoms with Gasteiger partial charge < -0.3 is 4.74 Å². The molecule has 2 aromatic carbocycles. The smallest absolute Gasteiger partial charge is 0.315 e. The summed E-state index contributed by atoms with van der Waals surface area (Å²) >= 11 is 0. The number of carbonyl (C=O) groups is 1. The number of hydrogen-bond acceptors (Lipinski definition) is 3. The molecule has 1 aliphatic rings. The SMILES string of the molecule is O=C1C[C@H](c2ccccc2)N=C(c2ccccc2)O1. The first kappa shape index (κ1) is 11.7. The van der Waals surface area contributed by atoms with Crippen molar-refractivity contribution in [3.05, 3.63) is 71.8 Å². The van der Waals surface area contributed by atoms with Crippen LogP contribution in [0, 0.1) is 0 Å². The first-order chi connectivity index (χ1) is 9.33. The van der Waals surface area contributed by atoms with Gasteiger partial charge >= 0.3 is 5.97 Å². The molecule has 2 aromatic rings. The number of aliphatic imine (C=N–C) groups is 1. The molecular weight excluding hydrogens is 238 g/mol. The minimum Gasteiger partial charge on any atom is -0.407 e. The van der Waals surface area contributed by atoms with Crippen LogP contribution in [-0.4, -0.2) is 11.9 Å². The van der Waals surface area contributed by atoms with Gasteiger partial charge in [-0.05, 0) is 17.7 Å². The maximum absolute atomic E-state index is 11.7. The van der Waals surface area contributed by atoms with E-state index in [2.05, 4.69) is 4.99 Å². The third kappa shape index (κ3) is 2.55. The van der Waals surface area contributed by atoms with Gasteiger partial charge in [-0.1, -0.05) is 48.5 Å². The van der Waals surface area contributed by atoms with Crippen molar-refractivity contribution < 1.29 is 9.53 Å². The van der Waals surface area contributed by atoms with E-state index in [9.17, 15) is 4.79 Å². The van der Waals surface area contributed by atoms with Gasteiger partial charge in [0.2, 0.25) is 5.90 Å². The van der Waals surface area contributed by atoms with E-state index < -0.39 is 0 Å². The number of rotatable bonds is 2. The van der Waals surface area contributed by atoms with Gasteiger partial charge in [0.15, 0.2) is 0 Å². The van der Waals surface area contributed by atoms with E-state index in [4.69, 9.17) is 4.74 Å². The van der Waals surface area contributed by atoms with Gasteiger partial charge in [-0.15, -0.1) is 0 Å². The van der Waals surface area contributed by atoms with Crippen LogP contribution in [0.25, 0.3) is 0 Å². The topological polar surface area (TPSA) is 38.7 Å². The van der Waals surface area contributed by atoms with E-state index in [0.717, 1.165) is 11.1 Å². The molecule has 0 fully saturated rings. The van der Waals surface area contributed by atoms with Crippen LogP contribution in [-0.2, 0) is 9.53 Å². The largest absolute Gasteiger partial charge is 0.407 e. The van der Waals surface area contributed by atoms with E-state index in [-0.39, 0.29) is 12.0 Å². The summed E-state index contributed by atoms with van der Waals surface area (Å²) in [6.07, 6.45) is 0.292. The zero-order valence-electron chi connectivity index (χ0n) is 10.3. The highest BCUT2D eigenvalue weighted by atomic mass is 16.5. The Bertz CT molecular complexity index is 605. The molecule has 0 saturated heterocycles. The molecular formula is C16H13NO2. The van der Waals surface area contributed by atoms with Crippen molar-refractivity contribution in [2.75, 3.05) is 0 Å². The maximum atomic E-state index is 11.7. The molecule has 19 heavy (non-hydrogen) atoms. The quantitative estimate of drug-likeness (QED) is 0.769. The Morgan fingerprint density at radius 2 is 1.58 bits per heavy atom. The third-order valence-electron chi connectivity index (χ3n) is 3.05. The van der Waals surface area contributed by atoms with E-state index >= 15 is 0 Å². The predicted octanol–water partition coefficient (Wildman–Crippen LogP) is 3.12. The predicted molar refractivity (Wildman–Crippen MR) is 72.9 cm³/mol. The molecule has 1 aliphatic heterocycles. The lowest BCUT2D eigenvalue weighted by atomic mass is 10.0. The zero-order valence-corrected chi connectivity index (χ0v) is 10.3. The summed E-state index contributed by atoms with van der Waals surface area (Å²) in [5.74, 6) is 0.174. The lowest BCUT2D eigenvalue weighted by molar-refractivity contribution is -0.136. The number of benzene rings is 2. The number of ether oxygens (including phenoxy) is 1. The van der Waals surface area contributed by atoms with E-state index in [1.54, 1.807) is 0 Å². The fraction of sp³-hybridized carbons (Fsp3) is 0.125. The molecule has 3 rings (SSSR count). The van der Waals surface area contributed by atoms with E-state index in [1.165, 1.54) is 0 Å². The third-order valence-corrected chi connectivity index (χ3v) is 3.05. The standard InChI is InChI=1S/C16H13NO2/c18-15-11-14(12-7-3-1-4-8-12)17-16(19-15)13-9-5-2-6-10-13/h1-10,14H,11H2/t14-/m1/s1. The van der Waals surface area contributed by atoms with Crippen LogP contribution in [0.5, 0.6) is 0 Å². The van der Waals surface area contributed by atoms with Crippen molar-refractivity contribution in [2.24, 2.45) is 4.99 Å². The fourth-order valence-electron chi connectivity index (χ4n) is 2.10. The Kier molecular flexibility index (Phi) is 3.11. The minimum absolute atomic E-state index is 0.155. The molecule has 1 heterocycles. The molecule has 0 aromatic heterocycles. The molecule has 0 spiro atoms. The fourth-order valence-corrected chi connectivity index (χ4v) is 2.10. The highest BCUT2D eigenvalue weighted by Crippen LogP contribution is 2.26. The highest BCUT2D eigenvalue weighted by Gasteiger charge is 2.24. The molecule has 0 bridgehead atoms. The summed E-state index contributed by atoms with van der Waals surface area (Å²) in [6, 6.07) is 19.2. The second-order valence-corrected chi connectivity index (χ2v) is 4.40. The maximum Gasteiger partial charge on any atom is 0.315 e. The molecule has 0 amide bonds. The number of nitrogens with zero attached hydrogens (tertiary/aromatic N) is 1. The van der Waals surface area contributed by atoms with Crippen molar-refractivity contribution >= 4 is 11.9 Å². The zero-order chi connectivity index (χ0) is 13.1. The molecule has 0 radical (unpaired) electrons. The van der Waals surface area contributed by atoms with Crippen molar-refractivity contribution in [2.45, 2.75) is 12.5 Å². The Labute approximate surface area is 111 Å². The van der Waals surface area contributed by atoms with Crippen molar-refractivity contribution in [3.63, 3.8) is 0 Å². The molecule has 1 atom stereocenters. The van der Waals surface area contributed by atoms with Crippen LogP contribution in [0.3, 0.4) is 0 Å². The number of cyclic esters (lactones) is 1. The second kappa shape index (κ2) is 5.06. The van der Waals surface area contributed by atoms with Gasteiger partial charge in [-0.2, -0.15) is 0 Å². The molecule has 94 valence electrons. The van der Waals surface area contributed by atoms with Crippen LogP contribution in [0.4, 0.5) is 0 Å². The summed E-state index contributed by atoms with van der Waals surface area (Å²) in [5, 5.41) is 0. The summed E-state index contributed by atoms with van der Waals surface area (Å²) < 4.78 is 5.24. The Balaban J connectivity index is 1.97. The van der Waals surface area contributed by atoms with Gasteiger partial charge in [0.25, 0.3) is 0 Å². The lowest BCUT2D eigenvalue weighted by Gasteiger charge is -2.20. The average molecular weight is 251 g/mol. The number of carbonyl (C=O) groups excluding carboxylic acids is 1. The van der Waals surface area contributed by atoms with Crippen molar-refractivity contribution in [1.82, 2.24) is 0 Å². The average Bonchev–Trinajstić information content (AvgIpc) is 2.48.